The Labute approximate surface area is 103 Å². The van der Waals surface area contributed by atoms with Gasteiger partial charge in [-0.25, -0.2) is 4.98 Å². The number of aromatic nitrogens is 2. The Bertz CT molecular complexity index is 571. The zero-order chi connectivity index (χ0) is 12.3. The van der Waals surface area contributed by atoms with E-state index in [0.29, 0.717) is 11.3 Å². The average Bonchev–Trinajstić information content (AvgIpc) is 2.78. The number of rotatable bonds is 3. The van der Waals surface area contributed by atoms with Crippen LogP contribution in [0.5, 0.6) is 0 Å². The predicted molar refractivity (Wildman–Crippen MR) is 63.8 cm³/mol. The number of thiazole rings is 1. The summed E-state index contributed by atoms with van der Waals surface area (Å²) in [6.07, 6.45) is 3.14. The fraction of sp³-hybridized carbons (Fsp3) is 0.167. The van der Waals surface area contributed by atoms with Crippen molar-refractivity contribution in [3.63, 3.8) is 0 Å². The molecule has 1 atom stereocenters. The number of hydrogen-bond donors (Lipinski definition) is 0. The van der Waals surface area contributed by atoms with E-state index in [1.807, 2.05) is 13.0 Å². The molecule has 0 fully saturated rings. The largest absolute Gasteiger partial charge is 0.291 e. The van der Waals surface area contributed by atoms with E-state index in [1.54, 1.807) is 29.9 Å². The Balaban J connectivity index is 2.32. The van der Waals surface area contributed by atoms with E-state index < -0.39 is 5.92 Å². The highest BCUT2D eigenvalue weighted by molar-refractivity contribution is 7.09. The lowest BCUT2D eigenvalue weighted by Crippen LogP contribution is -2.11. The first-order chi connectivity index (χ1) is 8.22. The minimum absolute atomic E-state index is 0.261. The molecule has 17 heavy (non-hydrogen) atoms. The van der Waals surface area contributed by atoms with E-state index in [2.05, 4.69) is 9.97 Å². The lowest BCUT2D eigenvalue weighted by molar-refractivity contribution is 0.0974. The first-order valence-electron chi connectivity index (χ1n) is 4.98. The normalized spacial score (nSPS) is 11.8. The van der Waals surface area contributed by atoms with E-state index in [0.717, 1.165) is 5.01 Å². The highest BCUT2D eigenvalue weighted by atomic mass is 32.1. The molecule has 0 amide bonds. The molecule has 1 unspecified atom stereocenters. The lowest BCUT2D eigenvalue weighted by Gasteiger charge is -2.05. The van der Waals surface area contributed by atoms with Crippen molar-refractivity contribution < 1.29 is 4.79 Å². The SMILES string of the molecule is Cc1nc(C(=O)C(C#N)c2ccncc2)cs1. The second-order valence-corrected chi connectivity index (χ2v) is 4.52. The van der Waals surface area contributed by atoms with Crippen molar-refractivity contribution in [2.24, 2.45) is 0 Å². The molecule has 4 nitrogen and oxygen atoms in total. The number of carbonyl (C=O) groups is 1. The first kappa shape index (κ1) is 11.4. The topological polar surface area (TPSA) is 66.6 Å². The van der Waals surface area contributed by atoms with Crippen molar-refractivity contribution in [2.75, 3.05) is 0 Å². The van der Waals surface area contributed by atoms with Crippen molar-refractivity contribution in [3.05, 3.63) is 46.2 Å². The second-order valence-electron chi connectivity index (χ2n) is 3.46. The van der Waals surface area contributed by atoms with E-state index in [-0.39, 0.29) is 5.78 Å². The summed E-state index contributed by atoms with van der Waals surface area (Å²) in [6, 6.07) is 5.36. The Kier molecular flexibility index (Phi) is 3.26. The van der Waals surface area contributed by atoms with E-state index >= 15 is 0 Å². The molecule has 0 radical (unpaired) electrons. The number of carbonyl (C=O) groups excluding carboxylic acids is 1. The van der Waals surface area contributed by atoms with Gasteiger partial charge in [-0.3, -0.25) is 9.78 Å². The molecular formula is C12H9N3OS. The zero-order valence-electron chi connectivity index (χ0n) is 9.12. The van der Waals surface area contributed by atoms with E-state index in [4.69, 9.17) is 5.26 Å². The number of Topliss-reactive ketones (excluding diaryl/α,β-unsaturated/α-hetero) is 1. The van der Waals surface area contributed by atoms with Gasteiger partial charge in [-0.1, -0.05) is 0 Å². The molecule has 0 saturated heterocycles. The van der Waals surface area contributed by atoms with Gasteiger partial charge in [-0.15, -0.1) is 11.3 Å². The minimum Gasteiger partial charge on any atom is -0.291 e. The van der Waals surface area contributed by atoms with Crippen LogP contribution in [0.15, 0.2) is 29.9 Å². The molecule has 0 saturated carbocycles. The van der Waals surface area contributed by atoms with Gasteiger partial charge in [-0.05, 0) is 24.6 Å². The van der Waals surface area contributed by atoms with Crippen LogP contribution in [0.3, 0.4) is 0 Å². The Hall–Kier alpha value is -2.06. The monoisotopic (exact) mass is 243 g/mol. The van der Waals surface area contributed by atoms with Crippen LogP contribution in [0.1, 0.15) is 27.0 Å². The first-order valence-corrected chi connectivity index (χ1v) is 5.86. The summed E-state index contributed by atoms with van der Waals surface area (Å²) in [6.45, 7) is 1.83. The van der Waals surface area contributed by atoms with Gasteiger partial charge in [0.15, 0.2) is 0 Å². The summed E-state index contributed by atoms with van der Waals surface area (Å²) in [5.41, 5.74) is 1.01. The molecule has 0 N–H and O–H groups in total. The quantitative estimate of drug-likeness (QED) is 0.776. The van der Waals surface area contributed by atoms with E-state index in [9.17, 15) is 4.79 Å². The van der Waals surface area contributed by atoms with E-state index in [1.165, 1.54) is 11.3 Å². The van der Waals surface area contributed by atoms with Crippen molar-refractivity contribution in [3.8, 4) is 6.07 Å². The number of nitriles is 1. The third-order valence-corrected chi connectivity index (χ3v) is 3.08. The summed E-state index contributed by atoms with van der Waals surface area (Å²) >= 11 is 1.40. The fourth-order valence-electron chi connectivity index (χ4n) is 1.46. The summed E-state index contributed by atoms with van der Waals surface area (Å²) in [4.78, 5) is 20.1. The molecule has 0 aromatic carbocycles. The number of pyridine rings is 1. The third-order valence-electron chi connectivity index (χ3n) is 2.30. The van der Waals surface area contributed by atoms with Crippen molar-refractivity contribution >= 4 is 17.1 Å². The van der Waals surface area contributed by atoms with Crippen LogP contribution in [0, 0.1) is 18.3 Å². The third kappa shape index (κ3) is 2.37. The highest BCUT2D eigenvalue weighted by Gasteiger charge is 2.23. The summed E-state index contributed by atoms with van der Waals surface area (Å²) in [5, 5.41) is 11.6. The van der Waals surface area contributed by atoms with Crippen LogP contribution in [-0.2, 0) is 0 Å². The number of nitrogens with zero attached hydrogens (tertiary/aromatic N) is 3. The van der Waals surface area contributed by atoms with Gasteiger partial charge in [0.25, 0.3) is 0 Å². The van der Waals surface area contributed by atoms with Crippen molar-refractivity contribution in [1.29, 1.82) is 5.26 Å². The van der Waals surface area contributed by atoms with Crippen LogP contribution in [-0.4, -0.2) is 15.8 Å². The second kappa shape index (κ2) is 4.85. The van der Waals surface area contributed by atoms with Crippen molar-refractivity contribution in [1.82, 2.24) is 9.97 Å². The van der Waals surface area contributed by atoms with Gasteiger partial charge in [0.2, 0.25) is 5.78 Å². The molecule has 0 aliphatic heterocycles. The molecule has 2 aromatic heterocycles. The summed E-state index contributed by atoms with van der Waals surface area (Å²) in [5.74, 6) is -1.07. The standard InChI is InChI=1S/C12H9N3OS/c1-8-15-11(7-17-8)12(16)10(6-13)9-2-4-14-5-3-9/h2-5,7,10H,1H3. The molecule has 0 spiro atoms. The van der Waals surface area contributed by atoms with Crippen LogP contribution >= 0.6 is 11.3 Å². The number of ketones is 1. The molecule has 2 aromatic rings. The number of hydrogen-bond acceptors (Lipinski definition) is 5. The van der Waals surface area contributed by atoms with Crippen molar-refractivity contribution in [2.45, 2.75) is 12.8 Å². The van der Waals surface area contributed by atoms with Crippen LogP contribution in [0.2, 0.25) is 0 Å². The van der Waals surface area contributed by atoms with Gasteiger partial charge in [0, 0.05) is 17.8 Å². The Morgan fingerprint density at radius 1 is 1.47 bits per heavy atom. The smallest absolute Gasteiger partial charge is 0.203 e. The molecule has 5 heteroatoms. The van der Waals surface area contributed by atoms with Gasteiger partial charge >= 0.3 is 0 Å². The van der Waals surface area contributed by atoms with Gasteiger partial charge in [0.05, 0.1) is 11.1 Å². The highest BCUT2D eigenvalue weighted by Crippen LogP contribution is 2.20. The number of aryl methyl sites for hydroxylation is 1. The van der Waals surface area contributed by atoms with Crippen LogP contribution in [0.25, 0.3) is 0 Å². The van der Waals surface area contributed by atoms with Crippen LogP contribution in [0.4, 0.5) is 0 Å². The Morgan fingerprint density at radius 2 is 2.18 bits per heavy atom. The average molecular weight is 243 g/mol. The van der Waals surface area contributed by atoms with Gasteiger partial charge in [-0.2, -0.15) is 5.26 Å². The lowest BCUT2D eigenvalue weighted by atomic mass is 9.96. The molecule has 2 heterocycles. The molecule has 84 valence electrons. The van der Waals surface area contributed by atoms with Gasteiger partial charge < -0.3 is 0 Å². The maximum absolute atomic E-state index is 12.1. The maximum Gasteiger partial charge on any atom is 0.203 e. The van der Waals surface area contributed by atoms with Gasteiger partial charge in [0.1, 0.15) is 11.6 Å². The molecule has 0 aliphatic carbocycles. The molecule has 0 aliphatic rings. The van der Waals surface area contributed by atoms with Crippen LogP contribution < -0.4 is 0 Å². The molecular weight excluding hydrogens is 234 g/mol. The molecule has 0 bridgehead atoms. The Morgan fingerprint density at radius 3 is 2.71 bits per heavy atom. The fourth-order valence-corrected chi connectivity index (χ4v) is 2.07. The minimum atomic E-state index is -0.806. The predicted octanol–water partition coefficient (Wildman–Crippen LogP) is 2.34. The molecule has 2 rings (SSSR count). The summed E-state index contributed by atoms with van der Waals surface area (Å²) in [7, 11) is 0. The zero-order valence-corrected chi connectivity index (χ0v) is 9.94. The maximum atomic E-state index is 12.1. The summed E-state index contributed by atoms with van der Waals surface area (Å²) < 4.78 is 0.